The van der Waals surface area contributed by atoms with Crippen molar-refractivity contribution in [1.82, 2.24) is 10.2 Å². The zero-order chi connectivity index (χ0) is 12.1. The molecule has 1 aromatic carbocycles. The van der Waals surface area contributed by atoms with Gasteiger partial charge in [0.25, 0.3) is 0 Å². The third kappa shape index (κ3) is 2.85. The quantitative estimate of drug-likeness (QED) is 0.857. The van der Waals surface area contributed by atoms with Crippen molar-refractivity contribution < 1.29 is 0 Å². The molecule has 0 radical (unpaired) electrons. The topological polar surface area (TPSA) is 39.1 Å². The molecule has 1 aromatic rings. The van der Waals surface area contributed by atoms with Gasteiger partial charge in [0, 0.05) is 26.2 Å². The molecule has 3 heteroatoms. The lowest BCUT2D eigenvalue weighted by Gasteiger charge is -2.31. The summed E-state index contributed by atoms with van der Waals surface area (Å²) in [6.07, 6.45) is 1.05. The van der Waals surface area contributed by atoms with Gasteiger partial charge in [-0.05, 0) is 17.5 Å². The van der Waals surface area contributed by atoms with Crippen molar-refractivity contribution >= 4 is 0 Å². The van der Waals surface area contributed by atoms with E-state index < -0.39 is 0 Å². The van der Waals surface area contributed by atoms with Gasteiger partial charge in [-0.1, -0.05) is 31.2 Å². The number of hydrogen-bond donors (Lipinski definition) is 1. The van der Waals surface area contributed by atoms with Gasteiger partial charge in [-0.3, -0.25) is 4.90 Å². The van der Waals surface area contributed by atoms with Crippen LogP contribution in [0.25, 0.3) is 0 Å². The molecular formula is C14H19N3. The minimum absolute atomic E-state index is 0.0944. The highest BCUT2D eigenvalue weighted by Gasteiger charge is 2.21. The molecule has 0 spiro atoms. The summed E-state index contributed by atoms with van der Waals surface area (Å²) in [5.41, 5.74) is 2.44. The Labute approximate surface area is 103 Å². The first-order valence-electron chi connectivity index (χ1n) is 6.28. The Morgan fingerprint density at radius 3 is 2.47 bits per heavy atom. The lowest BCUT2D eigenvalue weighted by molar-refractivity contribution is 0.207. The first-order valence-corrected chi connectivity index (χ1v) is 6.28. The van der Waals surface area contributed by atoms with E-state index in [4.69, 9.17) is 0 Å². The summed E-state index contributed by atoms with van der Waals surface area (Å²) < 4.78 is 0. The smallest absolute Gasteiger partial charge is 0.123 e. The Morgan fingerprint density at radius 2 is 1.94 bits per heavy atom. The van der Waals surface area contributed by atoms with Crippen LogP contribution in [0.4, 0.5) is 0 Å². The number of benzene rings is 1. The van der Waals surface area contributed by atoms with Crippen molar-refractivity contribution in [2.45, 2.75) is 19.4 Å². The van der Waals surface area contributed by atoms with Crippen LogP contribution in [0.15, 0.2) is 24.3 Å². The molecule has 1 atom stereocenters. The summed E-state index contributed by atoms with van der Waals surface area (Å²) in [5, 5.41) is 12.7. The van der Waals surface area contributed by atoms with Gasteiger partial charge < -0.3 is 5.32 Å². The minimum atomic E-state index is -0.0944. The van der Waals surface area contributed by atoms with E-state index in [9.17, 15) is 5.26 Å². The first kappa shape index (κ1) is 12.1. The van der Waals surface area contributed by atoms with Gasteiger partial charge in [0.1, 0.15) is 6.04 Å². The number of nitrogens with zero attached hydrogens (tertiary/aromatic N) is 2. The lowest BCUT2D eigenvalue weighted by atomic mass is 10.0. The summed E-state index contributed by atoms with van der Waals surface area (Å²) in [7, 11) is 0. The highest BCUT2D eigenvalue weighted by atomic mass is 15.2. The SMILES string of the molecule is CCc1ccc(C(C#N)N2CCNCC2)cc1. The van der Waals surface area contributed by atoms with Crippen LogP contribution in [-0.4, -0.2) is 31.1 Å². The highest BCUT2D eigenvalue weighted by Crippen LogP contribution is 2.20. The molecule has 90 valence electrons. The Kier molecular flexibility index (Phi) is 4.13. The zero-order valence-electron chi connectivity index (χ0n) is 10.3. The maximum absolute atomic E-state index is 9.35. The van der Waals surface area contributed by atoms with Gasteiger partial charge in [0.05, 0.1) is 6.07 Å². The first-order chi connectivity index (χ1) is 8.35. The third-order valence-corrected chi connectivity index (χ3v) is 3.34. The largest absolute Gasteiger partial charge is 0.314 e. The van der Waals surface area contributed by atoms with E-state index in [0.717, 1.165) is 38.2 Å². The summed E-state index contributed by atoms with van der Waals surface area (Å²) in [6.45, 7) is 6.01. The molecule has 0 aromatic heterocycles. The van der Waals surface area contributed by atoms with E-state index in [-0.39, 0.29) is 6.04 Å². The Bertz CT molecular complexity index is 385. The van der Waals surface area contributed by atoms with E-state index in [1.54, 1.807) is 0 Å². The van der Waals surface area contributed by atoms with Crippen molar-refractivity contribution in [1.29, 1.82) is 5.26 Å². The van der Waals surface area contributed by atoms with E-state index in [2.05, 4.69) is 47.5 Å². The van der Waals surface area contributed by atoms with Crippen molar-refractivity contribution in [2.24, 2.45) is 0 Å². The van der Waals surface area contributed by atoms with Crippen LogP contribution in [-0.2, 0) is 6.42 Å². The Balaban J connectivity index is 2.13. The lowest BCUT2D eigenvalue weighted by Crippen LogP contribution is -2.44. The third-order valence-electron chi connectivity index (χ3n) is 3.34. The van der Waals surface area contributed by atoms with Gasteiger partial charge in [-0.25, -0.2) is 0 Å². The fraction of sp³-hybridized carbons (Fsp3) is 0.500. The van der Waals surface area contributed by atoms with Crippen molar-refractivity contribution in [3.63, 3.8) is 0 Å². The van der Waals surface area contributed by atoms with E-state index >= 15 is 0 Å². The number of hydrogen-bond acceptors (Lipinski definition) is 3. The van der Waals surface area contributed by atoms with E-state index in [1.807, 2.05) is 0 Å². The van der Waals surface area contributed by atoms with Gasteiger partial charge in [-0.2, -0.15) is 5.26 Å². The molecule has 3 nitrogen and oxygen atoms in total. The number of rotatable bonds is 3. The van der Waals surface area contributed by atoms with Crippen LogP contribution in [0.3, 0.4) is 0 Å². The van der Waals surface area contributed by atoms with Crippen LogP contribution in [0, 0.1) is 11.3 Å². The van der Waals surface area contributed by atoms with Crippen LogP contribution >= 0.6 is 0 Å². The molecule has 1 fully saturated rings. The monoisotopic (exact) mass is 229 g/mol. The maximum atomic E-state index is 9.35. The van der Waals surface area contributed by atoms with Gasteiger partial charge in [0.2, 0.25) is 0 Å². The summed E-state index contributed by atoms with van der Waals surface area (Å²) >= 11 is 0. The molecule has 0 saturated carbocycles. The summed E-state index contributed by atoms with van der Waals surface area (Å²) in [4.78, 5) is 2.25. The molecule has 2 rings (SSSR count). The van der Waals surface area contributed by atoms with Gasteiger partial charge >= 0.3 is 0 Å². The second-order valence-electron chi connectivity index (χ2n) is 4.41. The summed E-state index contributed by atoms with van der Waals surface area (Å²) in [5.74, 6) is 0. The second kappa shape index (κ2) is 5.81. The fourth-order valence-electron chi connectivity index (χ4n) is 2.24. The van der Waals surface area contributed by atoms with Crippen LogP contribution < -0.4 is 5.32 Å². The minimum Gasteiger partial charge on any atom is -0.314 e. The van der Waals surface area contributed by atoms with Crippen LogP contribution in [0.1, 0.15) is 24.1 Å². The van der Waals surface area contributed by atoms with Crippen molar-refractivity contribution in [3.8, 4) is 6.07 Å². The second-order valence-corrected chi connectivity index (χ2v) is 4.41. The molecule has 0 amide bonds. The zero-order valence-corrected chi connectivity index (χ0v) is 10.3. The molecule has 1 aliphatic rings. The standard InChI is InChI=1S/C14H19N3/c1-2-12-3-5-13(6-4-12)14(11-15)17-9-7-16-8-10-17/h3-6,14,16H,2,7-10H2,1H3. The van der Waals surface area contributed by atoms with Crippen molar-refractivity contribution in [3.05, 3.63) is 35.4 Å². The highest BCUT2D eigenvalue weighted by molar-refractivity contribution is 5.28. The van der Waals surface area contributed by atoms with Crippen molar-refractivity contribution in [2.75, 3.05) is 26.2 Å². The Hall–Kier alpha value is -1.37. The summed E-state index contributed by atoms with van der Waals surface area (Å²) in [6, 6.07) is 10.8. The van der Waals surface area contributed by atoms with E-state index in [0.29, 0.717) is 0 Å². The molecule has 1 heterocycles. The molecule has 1 aliphatic heterocycles. The number of nitrogens with one attached hydrogen (secondary N) is 1. The maximum Gasteiger partial charge on any atom is 0.123 e. The predicted octanol–water partition coefficient (Wildman–Crippen LogP) is 1.72. The molecule has 1 unspecified atom stereocenters. The molecule has 0 bridgehead atoms. The average molecular weight is 229 g/mol. The normalized spacial score (nSPS) is 18.6. The van der Waals surface area contributed by atoms with Crippen LogP contribution in [0.2, 0.25) is 0 Å². The molecular weight excluding hydrogens is 210 g/mol. The van der Waals surface area contributed by atoms with Crippen LogP contribution in [0.5, 0.6) is 0 Å². The molecule has 17 heavy (non-hydrogen) atoms. The molecule has 0 aliphatic carbocycles. The number of nitriles is 1. The Morgan fingerprint density at radius 1 is 1.29 bits per heavy atom. The molecule has 1 saturated heterocycles. The average Bonchev–Trinajstić information content (AvgIpc) is 2.42. The van der Waals surface area contributed by atoms with E-state index in [1.165, 1.54) is 5.56 Å². The van der Waals surface area contributed by atoms with Gasteiger partial charge in [0.15, 0.2) is 0 Å². The van der Waals surface area contributed by atoms with Gasteiger partial charge in [-0.15, -0.1) is 0 Å². The number of piperazine rings is 1. The molecule has 1 N–H and O–H groups in total. The predicted molar refractivity (Wildman–Crippen MR) is 68.6 cm³/mol. The number of aryl methyl sites for hydroxylation is 1. The fourth-order valence-corrected chi connectivity index (χ4v) is 2.24.